The van der Waals surface area contributed by atoms with Gasteiger partial charge in [-0.05, 0) is 107 Å². The van der Waals surface area contributed by atoms with E-state index in [-0.39, 0.29) is 34.8 Å². The van der Waals surface area contributed by atoms with Crippen molar-refractivity contribution in [3.8, 4) is 11.7 Å². The molecule has 0 aromatic carbocycles. The van der Waals surface area contributed by atoms with Crippen LogP contribution in [0.25, 0.3) is 5.82 Å². The van der Waals surface area contributed by atoms with Crippen LogP contribution in [0.4, 0.5) is 5.82 Å². The zero-order valence-corrected chi connectivity index (χ0v) is 29.2. The van der Waals surface area contributed by atoms with Gasteiger partial charge in [0.25, 0.3) is 5.91 Å². The fraction of sp³-hybridized carbons (Fsp3) is 0.600. The highest BCUT2D eigenvalue weighted by Crippen LogP contribution is 2.94. The van der Waals surface area contributed by atoms with E-state index in [1.165, 1.54) is 37.6 Å². The molecule has 3 N–H and O–H groups in total. The minimum atomic E-state index is -1.37. The molecule has 3 saturated carbocycles. The van der Waals surface area contributed by atoms with Crippen molar-refractivity contribution in [3.63, 3.8) is 0 Å². The summed E-state index contributed by atoms with van der Waals surface area (Å²) >= 11 is 1.20. The first-order valence-electron chi connectivity index (χ1n) is 17.1. The van der Waals surface area contributed by atoms with Crippen LogP contribution in [0.5, 0.6) is 5.88 Å². The van der Waals surface area contributed by atoms with E-state index in [2.05, 4.69) is 45.5 Å². The van der Waals surface area contributed by atoms with E-state index >= 15 is 0 Å². The molecule has 2 spiro atoms. The molecule has 2 aromatic heterocycles. The quantitative estimate of drug-likeness (QED) is 0.274. The van der Waals surface area contributed by atoms with Crippen LogP contribution < -0.4 is 19.7 Å². The smallest absolute Gasteiger partial charge is 0.265 e. The van der Waals surface area contributed by atoms with Crippen LogP contribution in [0, 0.1) is 22.7 Å². The molecule has 2 bridgehead atoms. The molecule has 4 fully saturated rings. The first-order chi connectivity index (χ1) is 22.5. The number of carbonyl (C=O) groups is 1. The van der Waals surface area contributed by atoms with E-state index in [0.717, 1.165) is 30.8 Å². The van der Waals surface area contributed by atoms with Crippen LogP contribution in [0.1, 0.15) is 89.9 Å². The molecule has 10 nitrogen and oxygen atoms in total. The van der Waals surface area contributed by atoms with E-state index in [0.29, 0.717) is 41.4 Å². The van der Waals surface area contributed by atoms with Crippen LogP contribution in [0.15, 0.2) is 53.1 Å². The first-order valence-corrected chi connectivity index (χ1v) is 17.9. The number of rotatable bonds is 6. The number of aromatic nitrogens is 3. The van der Waals surface area contributed by atoms with Crippen molar-refractivity contribution in [2.75, 3.05) is 24.6 Å². The number of amidine groups is 1. The molecule has 2 aliphatic heterocycles. The third kappa shape index (κ3) is 6.23. The Morgan fingerprint density at radius 1 is 1.21 bits per heavy atom. The van der Waals surface area contributed by atoms with Gasteiger partial charge in [-0.1, -0.05) is 26.5 Å². The number of hydrogen-bond acceptors (Lipinski definition) is 9. The Bertz CT molecular complexity index is 1560. The second-order valence-corrected chi connectivity index (χ2v) is 14.9. The summed E-state index contributed by atoms with van der Waals surface area (Å²) in [5.41, 5.74) is -0.553. The summed E-state index contributed by atoms with van der Waals surface area (Å²) in [6, 6.07) is 5.36. The number of amides is 1. The Hall–Kier alpha value is -3.25. The molecule has 7 rings (SSSR count). The van der Waals surface area contributed by atoms with Gasteiger partial charge in [0.05, 0.1) is 16.1 Å². The third-order valence-corrected chi connectivity index (χ3v) is 11.5. The van der Waals surface area contributed by atoms with Gasteiger partial charge in [-0.25, -0.2) is 9.67 Å². The predicted molar refractivity (Wildman–Crippen MR) is 189 cm³/mol. The SMILES string of the molecule is CC.[B]C(O)(COc1ccn(-c2ccc3c(n2)N2CC(CCCN=C(C=C)N/C(=C\C)SNC3=O)CC2(C)C)n1)C1C2(CC2)C12CC2. The molecule has 250 valence electrons. The maximum absolute atomic E-state index is 13.7. The monoisotopic (exact) mass is 657 g/mol. The van der Waals surface area contributed by atoms with E-state index in [1.54, 1.807) is 29.1 Å². The van der Waals surface area contributed by atoms with Crippen molar-refractivity contribution in [2.24, 2.45) is 27.7 Å². The van der Waals surface area contributed by atoms with Gasteiger partial charge in [-0.2, -0.15) is 0 Å². The minimum Gasteiger partial charge on any atom is -0.474 e. The van der Waals surface area contributed by atoms with Crippen molar-refractivity contribution >= 4 is 37.4 Å². The molecule has 1 saturated heterocycles. The second kappa shape index (κ2) is 12.7. The Labute approximate surface area is 284 Å². The van der Waals surface area contributed by atoms with Gasteiger partial charge in [0.2, 0.25) is 5.88 Å². The minimum absolute atomic E-state index is 0.000621. The lowest BCUT2D eigenvalue weighted by Crippen LogP contribution is -2.40. The largest absolute Gasteiger partial charge is 0.474 e. The molecular weight excluding hydrogens is 609 g/mol. The zero-order chi connectivity index (χ0) is 33.6. The number of carbonyl (C=O) groups excluding carboxylic acids is 1. The molecule has 1 amide bonds. The lowest BCUT2D eigenvalue weighted by molar-refractivity contribution is 0.0374. The van der Waals surface area contributed by atoms with Crippen LogP contribution >= 0.6 is 11.9 Å². The number of anilines is 1. The number of pyridine rings is 1. The van der Waals surface area contributed by atoms with E-state index < -0.39 is 5.50 Å². The Kier molecular flexibility index (Phi) is 9.06. The van der Waals surface area contributed by atoms with Gasteiger partial charge in [0.1, 0.15) is 26.1 Å². The Morgan fingerprint density at radius 3 is 2.60 bits per heavy atom. The average Bonchev–Trinajstić information content (AvgIpc) is 4.02. The maximum Gasteiger partial charge on any atom is 0.265 e. The summed E-state index contributed by atoms with van der Waals surface area (Å²) in [5, 5.41) is 19.8. The Balaban J connectivity index is 0.00000190. The zero-order valence-electron chi connectivity index (χ0n) is 28.4. The highest BCUT2D eigenvalue weighted by atomic mass is 32.2. The third-order valence-electron chi connectivity index (χ3n) is 10.7. The topological polar surface area (TPSA) is 117 Å². The summed E-state index contributed by atoms with van der Waals surface area (Å²) < 4.78 is 10.6. The highest BCUT2D eigenvalue weighted by Gasteiger charge is 2.89. The molecule has 2 radical (unpaired) electrons. The van der Waals surface area contributed by atoms with Crippen molar-refractivity contribution in [3.05, 3.63) is 53.7 Å². The molecule has 2 aromatic rings. The normalized spacial score (nSPS) is 26.0. The maximum atomic E-state index is 13.7. The standard InChI is InChI=1S/C33H42BN7O3S.C2H6/c1-5-23-35-16-7-8-21-18-30(3,4)40(19-21)27-22(28(42)39-45-26(6-2)36-23)9-10-24(37-27)41-17-11-25(38-41)44-20-33(34,43)29-31(12-13-31)32(29)14-15-32;1-2/h5-6,9-11,17,21,29,43H,1,7-8,12-16,18-20H2,2-4H3,(H,35,36)(H,39,42);1-2H3/b26-6+;. The number of nitrogens with zero attached hydrogens (tertiary/aromatic N) is 5. The molecular formula is C35H48BN7O3S. The fourth-order valence-corrected chi connectivity index (χ4v) is 8.98. The fourth-order valence-electron chi connectivity index (χ4n) is 8.40. The summed E-state index contributed by atoms with van der Waals surface area (Å²) in [5.74, 6) is 2.56. The van der Waals surface area contributed by atoms with Crippen molar-refractivity contribution in [1.29, 1.82) is 0 Å². The van der Waals surface area contributed by atoms with Crippen molar-refractivity contribution < 1.29 is 14.6 Å². The predicted octanol–water partition coefficient (Wildman–Crippen LogP) is 5.53. The second-order valence-electron chi connectivity index (χ2n) is 14.1. The van der Waals surface area contributed by atoms with E-state index in [4.69, 9.17) is 17.6 Å². The van der Waals surface area contributed by atoms with Crippen LogP contribution in [0.3, 0.4) is 0 Å². The Morgan fingerprint density at radius 2 is 1.94 bits per heavy atom. The average molecular weight is 658 g/mol. The van der Waals surface area contributed by atoms with E-state index in [1.807, 2.05) is 32.9 Å². The number of aliphatic imine (C=N–C) groups is 1. The number of ether oxygens (including phenoxy) is 1. The molecule has 3 aliphatic carbocycles. The molecule has 5 aliphatic rings. The number of allylic oxidation sites excluding steroid dienone is 1. The molecule has 4 heterocycles. The van der Waals surface area contributed by atoms with Crippen molar-refractivity contribution in [2.45, 2.75) is 90.6 Å². The van der Waals surface area contributed by atoms with Crippen LogP contribution in [-0.4, -0.2) is 70.2 Å². The van der Waals surface area contributed by atoms with Gasteiger partial charge in [0.15, 0.2) is 5.82 Å². The summed E-state index contributed by atoms with van der Waals surface area (Å²) in [7, 11) is 6.42. The van der Waals surface area contributed by atoms with Crippen LogP contribution in [0.2, 0.25) is 0 Å². The molecule has 47 heavy (non-hydrogen) atoms. The number of nitrogens with one attached hydrogen (secondary N) is 2. The van der Waals surface area contributed by atoms with Crippen molar-refractivity contribution in [1.82, 2.24) is 24.8 Å². The van der Waals surface area contributed by atoms with Gasteiger partial charge >= 0.3 is 0 Å². The molecule has 2 atom stereocenters. The highest BCUT2D eigenvalue weighted by molar-refractivity contribution is 8.01. The summed E-state index contributed by atoms with van der Waals surface area (Å²) in [4.78, 5) is 25.6. The van der Waals surface area contributed by atoms with E-state index in [9.17, 15) is 9.90 Å². The number of fused-ring (bicyclic) bond motifs is 5. The summed E-state index contributed by atoms with van der Waals surface area (Å²) in [6.45, 7) is 15.7. The van der Waals surface area contributed by atoms with Gasteiger partial charge in [-0.15, -0.1) is 5.10 Å². The molecule has 2 unspecified atom stereocenters. The van der Waals surface area contributed by atoms with Gasteiger partial charge < -0.3 is 20.1 Å². The van der Waals surface area contributed by atoms with Gasteiger partial charge in [-0.3, -0.25) is 14.5 Å². The lowest BCUT2D eigenvalue weighted by atomic mass is 9.76. The summed E-state index contributed by atoms with van der Waals surface area (Å²) in [6.07, 6.45) is 13.0. The number of hydrogen-bond donors (Lipinski definition) is 3. The number of aliphatic hydroxyl groups is 1. The lowest BCUT2D eigenvalue weighted by Gasteiger charge is -2.34. The van der Waals surface area contributed by atoms with Gasteiger partial charge in [0, 0.05) is 42.8 Å². The van der Waals surface area contributed by atoms with Crippen LogP contribution in [-0.2, 0) is 0 Å². The molecule has 12 heteroatoms. The first kappa shape index (κ1) is 33.6.